The molecule has 7 heteroatoms. The summed E-state index contributed by atoms with van der Waals surface area (Å²) in [6.07, 6.45) is 0. The van der Waals surface area contributed by atoms with E-state index in [1.807, 2.05) is 54.0 Å². The lowest BCUT2D eigenvalue weighted by molar-refractivity contribution is -0.120. The van der Waals surface area contributed by atoms with Gasteiger partial charge in [0, 0.05) is 13.7 Å². The van der Waals surface area contributed by atoms with Crippen molar-refractivity contribution in [2.75, 3.05) is 27.4 Å². The average Bonchev–Trinajstić information content (AvgIpc) is 3.00. The van der Waals surface area contributed by atoms with E-state index in [4.69, 9.17) is 14.2 Å². The van der Waals surface area contributed by atoms with E-state index in [0.717, 1.165) is 21.5 Å². The third-order valence-electron chi connectivity index (χ3n) is 3.98. The van der Waals surface area contributed by atoms with Gasteiger partial charge < -0.3 is 18.8 Å². The molecule has 27 heavy (non-hydrogen) atoms. The van der Waals surface area contributed by atoms with Crippen LogP contribution in [0.1, 0.15) is 5.56 Å². The highest BCUT2D eigenvalue weighted by Crippen LogP contribution is 2.23. The van der Waals surface area contributed by atoms with Gasteiger partial charge in [-0.25, -0.2) is 0 Å². The van der Waals surface area contributed by atoms with Gasteiger partial charge in [-0.3, -0.25) is 4.79 Å². The maximum atomic E-state index is 12.3. The van der Waals surface area contributed by atoms with Crippen LogP contribution in [0, 0.1) is 6.92 Å². The molecule has 0 radical (unpaired) electrons. The molecule has 1 aromatic heterocycles. The van der Waals surface area contributed by atoms with E-state index >= 15 is 0 Å². The summed E-state index contributed by atoms with van der Waals surface area (Å²) in [5.74, 6) is 1.09. The quantitative estimate of drug-likeness (QED) is 0.626. The predicted octanol–water partition coefficient (Wildman–Crippen LogP) is 3.17. The van der Waals surface area contributed by atoms with Crippen molar-refractivity contribution in [1.29, 1.82) is 0 Å². The summed E-state index contributed by atoms with van der Waals surface area (Å²) in [6.45, 7) is 3.00. The Bertz CT molecular complexity index is 1010. The van der Waals surface area contributed by atoms with Crippen molar-refractivity contribution in [2.45, 2.75) is 13.5 Å². The van der Waals surface area contributed by atoms with Crippen molar-refractivity contribution in [3.05, 3.63) is 52.8 Å². The first-order chi connectivity index (χ1) is 13.1. The number of amides is 1. The van der Waals surface area contributed by atoms with Gasteiger partial charge in [-0.2, -0.15) is 4.99 Å². The molecule has 0 aliphatic rings. The van der Waals surface area contributed by atoms with Gasteiger partial charge in [-0.15, -0.1) is 0 Å². The first kappa shape index (κ1) is 19.1. The largest absolute Gasteiger partial charge is 0.497 e. The van der Waals surface area contributed by atoms with E-state index < -0.39 is 0 Å². The van der Waals surface area contributed by atoms with Gasteiger partial charge in [0.25, 0.3) is 5.91 Å². The fourth-order valence-corrected chi connectivity index (χ4v) is 3.76. The number of nitrogens with zero attached hydrogens (tertiary/aromatic N) is 2. The number of aromatic nitrogens is 1. The fourth-order valence-electron chi connectivity index (χ4n) is 2.65. The third kappa shape index (κ3) is 4.75. The van der Waals surface area contributed by atoms with Crippen LogP contribution in [0.5, 0.6) is 11.5 Å². The monoisotopic (exact) mass is 386 g/mol. The van der Waals surface area contributed by atoms with Crippen molar-refractivity contribution < 1.29 is 19.0 Å². The summed E-state index contributed by atoms with van der Waals surface area (Å²) in [5.41, 5.74) is 2.07. The molecule has 2 aromatic carbocycles. The summed E-state index contributed by atoms with van der Waals surface area (Å²) < 4.78 is 19.0. The number of rotatable bonds is 7. The number of carbonyl (C=O) groups is 1. The Morgan fingerprint density at radius 3 is 2.74 bits per heavy atom. The molecule has 0 N–H and O–H groups in total. The highest BCUT2D eigenvalue weighted by Gasteiger charge is 2.09. The SMILES string of the molecule is COCCn1c(=NC(=O)COc2cccc(C)c2)sc2cc(OC)ccc21. The molecule has 6 nitrogen and oxygen atoms in total. The molecule has 0 saturated heterocycles. The van der Waals surface area contributed by atoms with Gasteiger partial charge in [-0.05, 0) is 42.8 Å². The van der Waals surface area contributed by atoms with Crippen LogP contribution in [0.15, 0.2) is 47.5 Å². The maximum absolute atomic E-state index is 12.3. The van der Waals surface area contributed by atoms with Gasteiger partial charge >= 0.3 is 0 Å². The van der Waals surface area contributed by atoms with E-state index in [1.165, 1.54) is 11.3 Å². The second-order valence-corrected chi connectivity index (χ2v) is 6.98. The maximum Gasteiger partial charge on any atom is 0.286 e. The number of ether oxygens (including phenoxy) is 3. The number of benzene rings is 2. The van der Waals surface area contributed by atoms with E-state index in [-0.39, 0.29) is 12.5 Å². The number of hydrogen-bond donors (Lipinski definition) is 0. The van der Waals surface area contributed by atoms with Crippen molar-refractivity contribution in [2.24, 2.45) is 4.99 Å². The van der Waals surface area contributed by atoms with Crippen molar-refractivity contribution in [1.82, 2.24) is 4.57 Å². The summed E-state index contributed by atoms with van der Waals surface area (Å²) in [7, 11) is 3.28. The van der Waals surface area contributed by atoms with E-state index in [1.54, 1.807) is 14.2 Å². The van der Waals surface area contributed by atoms with Crippen LogP contribution < -0.4 is 14.3 Å². The van der Waals surface area contributed by atoms with Crippen LogP contribution in [0.3, 0.4) is 0 Å². The minimum absolute atomic E-state index is 0.106. The lowest BCUT2D eigenvalue weighted by Crippen LogP contribution is -2.21. The molecule has 0 fully saturated rings. The molecule has 1 amide bonds. The first-order valence-corrected chi connectivity index (χ1v) is 9.35. The molecule has 0 unspecified atom stereocenters. The number of thiazole rings is 1. The lowest BCUT2D eigenvalue weighted by Gasteiger charge is -2.05. The average molecular weight is 386 g/mol. The highest BCUT2D eigenvalue weighted by atomic mass is 32.1. The topological polar surface area (TPSA) is 62.1 Å². The fraction of sp³-hybridized carbons (Fsp3) is 0.300. The van der Waals surface area contributed by atoms with E-state index in [2.05, 4.69) is 4.99 Å². The van der Waals surface area contributed by atoms with E-state index in [0.29, 0.717) is 23.7 Å². The number of aryl methyl sites for hydroxylation is 1. The summed E-state index contributed by atoms with van der Waals surface area (Å²) in [6, 6.07) is 13.4. The van der Waals surface area contributed by atoms with Gasteiger partial charge in [0.15, 0.2) is 11.4 Å². The number of fused-ring (bicyclic) bond motifs is 1. The van der Waals surface area contributed by atoms with Crippen LogP contribution in [-0.2, 0) is 16.1 Å². The summed E-state index contributed by atoms with van der Waals surface area (Å²) in [5, 5.41) is 0. The molecule has 3 rings (SSSR count). The molecule has 0 saturated carbocycles. The Kier molecular flexibility index (Phi) is 6.26. The zero-order valence-corrected chi connectivity index (χ0v) is 16.4. The van der Waals surface area contributed by atoms with Gasteiger partial charge in [0.05, 0.1) is 23.9 Å². The van der Waals surface area contributed by atoms with Crippen LogP contribution in [0.2, 0.25) is 0 Å². The van der Waals surface area contributed by atoms with Crippen LogP contribution in [0.4, 0.5) is 0 Å². The predicted molar refractivity (Wildman–Crippen MR) is 105 cm³/mol. The molecule has 0 aliphatic heterocycles. The molecule has 0 spiro atoms. The second kappa shape index (κ2) is 8.83. The van der Waals surface area contributed by atoms with E-state index in [9.17, 15) is 4.79 Å². The molecule has 0 aliphatic carbocycles. The van der Waals surface area contributed by atoms with Crippen molar-refractivity contribution in [3.8, 4) is 11.5 Å². The molecule has 1 heterocycles. The smallest absolute Gasteiger partial charge is 0.286 e. The zero-order valence-electron chi connectivity index (χ0n) is 15.6. The third-order valence-corrected chi connectivity index (χ3v) is 5.02. The Morgan fingerprint density at radius 1 is 1.15 bits per heavy atom. The zero-order chi connectivity index (χ0) is 19.2. The molecule has 3 aromatic rings. The van der Waals surface area contributed by atoms with Crippen molar-refractivity contribution >= 4 is 27.5 Å². The Balaban J connectivity index is 1.87. The molecule has 0 bridgehead atoms. The van der Waals surface area contributed by atoms with Crippen LogP contribution in [0.25, 0.3) is 10.2 Å². The summed E-state index contributed by atoms with van der Waals surface area (Å²) in [4.78, 5) is 17.2. The lowest BCUT2D eigenvalue weighted by atomic mass is 10.2. The Morgan fingerprint density at radius 2 is 2.00 bits per heavy atom. The van der Waals surface area contributed by atoms with Gasteiger partial charge in [-0.1, -0.05) is 23.5 Å². The standard InChI is InChI=1S/C20H22N2O4S/c1-14-5-4-6-16(11-14)26-13-19(23)21-20-22(9-10-24-2)17-8-7-15(25-3)12-18(17)27-20/h4-8,11-12H,9-10,13H2,1-3H3. The van der Waals surface area contributed by atoms with Crippen molar-refractivity contribution in [3.63, 3.8) is 0 Å². The first-order valence-electron chi connectivity index (χ1n) is 8.54. The Hall–Kier alpha value is -2.64. The van der Waals surface area contributed by atoms with Crippen LogP contribution in [-0.4, -0.2) is 37.9 Å². The molecular weight excluding hydrogens is 364 g/mol. The number of carbonyl (C=O) groups excluding carboxylic acids is 1. The normalized spacial score (nSPS) is 11.7. The summed E-state index contributed by atoms with van der Waals surface area (Å²) >= 11 is 1.44. The Labute approximate surface area is 161 Å². The molecule has 142 valence electrons. The van der Waals surface area contributed by atoms with Gasteiger partial charge in [0.1, 0.15) is 11.5 Å². The highest BCUT2D eigenvalue weighted by molar-refractivity contribution is 7.16. The second-order valence-electron chi connectivity index (χ2n) is 5.97. The minimum Gasteiger partial charge on any atom is -0.497 e. The molecular formula is C20H22N2O4S. The number of hydrogen-bond acceptors (Lipinski definition) is 5. The minimum atomic E-state index is -0.332. The van der Waals surface area contributed by atoms with Gasteiger partial charge in [0.2, 0.25) is 0 Å². The number of methoxy groups -OCH3 is 2. The molecule has 0 atom stereocenters. The van der Waals surface area contributed by atoms with Crippen LogP contribution >= 0.6 is 11.3 Å².